The maximum Gasteiger partial charge on any atom is 0.258 e. The molecule has 0 spiro atoms. The summed E-state index contributed by atoms with van der Waals surface area (Å²) in [5, 5.41) is 3.83. The fraction of sp³-hybridized carbons (Fsp3) is 0.278. The third-order valence-electron chi connectivity index (χ3n) is 3.52. The van der Waals surface area contributed by atoms with E-state index in [4.69, 9.17) is 27.9 Å². The Balaban J connectivity index is 1.93. The number of nitrogens with one attached hydrogen (secondary N) is 1. The van der Waals surface area contributed by atoms with E-state index < -0.39 is 0 Å². The lowest BCUT2D eigenvalue weighted by Crippen LogP contribution is -2.31. The summed E-state index contributed by atoms with van der Waals surface area (Å²) in [5.41, 5.74) is 3.44. The number of amides is 1. The van der Waals surface area contributed by atoms with Crippen LogP contribution in [0.4, 0.5) is 0 Å². The van der Waals surface area contributed by atoms with Crippen LogP contribution in [-0.4, -0.2) is 12.5 Å². The predicted molar refractivity (Wildman–Crippen MR) is 94.4 cm³/mol. The topological polar surface area (TPSA) is 38.3 Å². The smallest absolute Gasteiger partial charge is 0.258 e. The monoisotopic (exact) mass is 351 g/mol. The highest BCUT2D eigenvalue weighted by atomic mass is 35.5. The second kappa shape index (κ2) is 7.71. The Morgan fingerprint density at radius 3 is 2.57 bits per heavy atom. The maximum absolute atomic E-state index is 12.1. The standard InChI is InChI=1S/C18H19Cl2NO2/c1-11-4-6-15(12(2)8-11)13(3)21-18(22)10-23-17-7-5-14(19)9-16(17)20/h4-9,13H,10H2,1-3H3,(H,21,22)/t13-/m1/s1. The largest absolute Gasteiger partial charge is 0.482 e. The van der Waals surface area contributed by atoms with E-state index in [1.165, 1.54) is 5.56 Å². The molecule has 0 saturated heterocycles. The number of aryl methyl sites for hydroxylation is 2. The van der Waals surface area contributed by atoms with E-state index in [1.807, 2.05) is 32.9 Å². The first kappa shape index (κ1) is 17.6. The Labute approximate surface area is 146 Å². The Morgan fingerprint density at radius 1 is 1.17 bits per heavy atom. The second-order valence-electron chi connectivity index (χ2n) is 5.51. The van der Waals surface area contributed by atoms with E-state index in [2.05, 4.69) is 11.4 Å². The number of halogens is 2. The molecule has 2 aromatic carbocycles. The lowest BCUT2D eigenvalue weighted by molar-refractivity contribution is -0.123. The lowest BCUT2D eigenvalue weighted by Gasteiger charge is -2.17. The van der Waals surface area contributed by atoms with Gasteiger partial charge in [0, 0.05) is 5.02 Å². The molecule has 0 aliphatic heterocycles. The average molecular weight is 352 g/mol. The summed E-state index contributed by atoms with van der Waals surface area (Å²) in [5.74, 6) is 0.230. The molecular weight excluding hydrogens is 333 g/mol. The molecule has 3 nitrogen and oxygen atoms in total. The van der Waals surface area contributed by atoms with E-state index in [0.29, 0.717) is 15.8 Å². The minimum Gasteiger partial charge on any atom is -0.482 e. The fourth-order valence-corrected chi connectivity index (χ4v) is 2.87. The van der Waals surface area contributed by atoms with Crippen molar-refractivity contribution in [2.45, 2.75) is 26.8 Å². The zero-order chi connectivity index (χ0) is 17.0. The van der Waals surface area contributed by atoms with Crippen LogP contribution in [-0.2, 0) is 4.79 Å². The van der Waals surface area contributed by atoms with Crippen molar-refractivity contribution in [3.63, 3.8) is 0 Å². The van der Waals surface area contributed by atoms with Crippen LogP contribution in [0.3, 0.4) is 0 Å². The molecule has 0 bridgehead atoms. The summed E-state index contributed by atoms with van der Waals surface area (Å²) in [4.78, 5) is 12.1. The number of rotatable bonds is 5. The first-order chi connectivity index (χ1) is 10.9. The van der Waals surface area contributed by atoms with Crippen LogP contribution in [0.5, 0.6) is 5.75 Å². The molecule has 0 fully saturated rings. The Hall–Kier alpha value is -1.71. The number of benzene rings is 2. The Kier molecular flexibility index (Phi) is 5.91. The van der Waals surface area contributed by atoms with Crippen molar-refractivity contribution in [1.82, 2.24) is 5.32 Å². The molecule has 0 aliphatic carbocycles. The van der Waals surface area contributed by atoms with Crippen LogP contribution >= 0.6 is 23.2 Å². The van der Waals surface area contributed by atoms with Crippen molar-refractivity contribution in [1.29, 1.82) is 0 Å². The van der Waals surface area contributed by atoms with Gasteiger partial charge in [-0.1, -0.05) is 47.0 Å². The summed E-state index contributed by atoms with van der Waals surface area (Å²) in [7, 11) is 0. The molecule has 1 atom stereocenters. The molecule has 23 heavy (non-hydrogen) atoms. The van der Waals surface area contributed by atoms with Gasteiger partial charge in [0.1, 0.15) is 5.75 Å². The van der Waals surface area contributed by atoms with Crippen molar-refractivity contribution in [2.24, 2.45) is 0 Å². The van der Waals surface area contributed by atoms with Gasteiger partial charge in [-0.05, 0) is 50.1 Å². The van der Waals surface area contributed by atoms with Gasteiger partial charge in [0.2, 0.25) is 0 Å². The quantitative estimate of drug-likeness (QED) is 0.834. The fourth-order valence-electron chi connectivity index (χ4n) is 2.41. The molecule has 0 aliphatic rings. The zero-order valence-electron chi connectivity index (χ0n) is 13.3. The van der Waals surface area contributed by atoms with E-state index >= 15 is 0 Å². The van der Waals surface area contributed by atoms with Crippen molar-refractivity contribution < 1.29 is 9.53 Å². The van der Waals surface area contributed by atoms with Gasteiger partial charge in [0.25, 0.3) is 5.91 Å². The third-order valence-corrected chi connectivity index (χ3v) is 4.05. The minimum absolute atomic E-state index is 0.0904. The molecule has 0 unspecified atom stereocenters. The minimum atomic E-state index is -0.205. The molecular formula is C18H19Cl2NO2. The van der Waals surface area contributed by atoms with Crippen molar-refractivity contribution >= 4 is 29.1 Å². The van der Waals surface area contributed by atoms with Gasteiger partial charge in [-0.3, -0.25) is 4.79 Å². The Bertz CT molecular complexity index is 716. The number of hydrogen-bond acceptors (Lipinski definition) is 2. The van der Waals surface area contributed by atoms with Crippen LogP contribution in [0.25, 0.3) is 0 Å². The van der Waals surface area contributed by atoms with Crippen molar-refractivity contribution in [3.05, 3.63) is 63.1 Å². The number of carbonyl (C=O) groups excluding carboxylic acids is 1. The van der Waals surface area contributed by atoms with Crippen LogP contribution in [0, 0.1) is 13.8 Å². The highest BCUT2D eigenvalue weighted by molar-refractivity contribution is 6.35. The number of hydrogen-bond donors (Lipinski definition) is 1. The van der Waals surface area contributed by atoms with E-state index in [0.717, 1.165) is 11.1 Å². The van der Waals surface area contributed by atoms with E-state index in [-0.39, 0.29) is 18.6 Å². The highest BCUT2D eigenvalue weighted by Crippen LogP contribution is 2.27. The molecule has 5 heteroatoms. The number of carbonyl (C=O) groups is 1. The molecule has 0 aromatic heterocycles. The molecule has 0 radical (unpaired) electrons. The highest BCUT2D eigenvalue weighted by Gasteiger charge is 2.13. The summed E-state index contributed by atoms with van der Waals surface area (Å²) >= 11 is 11.8. The Morgan fingerprint density at radius 2 is 1.91 bits per heavy atom. The predicted octanol–water partition coefficient (Wildman–Crippen LogP) is 4.87. The van der Waals surface area contributed by atoms with Gasteiger partial charge in [0.15, 0.2) is 6.61 Å². The summed E-state index contributed by atoms with van der Waals surface area (Å²) in [6.45, 7) is 5.93. The molecule has 2 aromatic rings. The van der Waals surface area contributed by atoms with Crippen LogP contribution in [0.2, 0.25) is 10.0 Å². The van der Waals surface area contributed by atoms with Gasteiger partial charge < -0.3 is 10.1 Å². The van der Waals surface area contributed by atoms with Gasteiger partial charge in [-0.2, -0.15) is 0 Å². The number of ether oxygens (including phenoxy) is 1. The second-order valence-corrected chi connectivity index (χ2v) is 6.36. The molecule has 122 valence electrons. The normalized spacial score (nSPS) is 11.9. The van der Waals surface area contributed by atoms with Crippen molar-refractivity contribution in [3.8, 4) is 5.75 Å². The van der Waals surface area contributed by atoms with Crippen molar-refractivity contribution in [2.75, 3.05) is 6.61 Å². The van der Waals surface area contributed by atoms with Crippen LogP contribution in [0.15, 0.2) is 36.4 Å². The van der Waals surface area contributed by atoms with Gasteiger partial charge in [0.05, 0.1) is 11.1 Å². The maximum atomic E-state index is 12.1. The first-order valence-corrected chi connectivity index (χ1v) is 8.07. The average Bonchev–Trinajstić information content (AvgIpc) is 2.46. The van der Waals surface area contributed by atoms with E-state index in [9.17, 15) is 4.79 Å². The van der Waals surface area contributed by atoms with Gasteiger partial charge in [-0.15, -0.1) is 0 Å². The van der Waals surface area contributed by atoms with Crippen LogP contribution < -0.4 is 10.1 Å². The van der Waals surface area contributed by atoms with Gasteiger partial charge >= 0.3 is 0 Å². The van der Waals surface area contributed by atoms with Gasteiger partial charge in [-0.25, -0.2) is 0 Å². The third kappa shape index (κ3) is 4.88. The van der Waals surface area contributed by atoms with Crippen LogP contribution in [0.1, 0.15) is 29.7 Å². The molecule has 0 heterocycles. The summed E-state index contributed by atoms with van der Waals surface area (Å²) < 4.78 is 5.44. The molecule has 0 saturated carbocycles. The first-order valence-electron chi connectivity index (χ1n) is 7.31. The molecule has 1 N–H and O–H groups in total. The lowest BCUT2D eigenvalue weighted by atomic mass is 10.0. The zero-order valence-corrected chi connectivity index (χ0v) is 14.8. The summed E-state index contributed by atoms with van der Waals surface area (Å²) in [6.07, 6.45) is 0. The molecule has 2 rings (SSSR count). The molecule has 1 amide bonds. The SMILES string of the molecule is Cc1ccc([C@@H](C)NC(=O)COc2ccc(Cl)cc2Cl)c(C)c1. The summed E-state index contributed by atoms with van der Waals surface area (Å²) in [6, 6.07) is 11.0. The van der Waals surface area contributed by atoms with E-state index in [1.54, 1.807) is 18.2 Å².